The van der Waals surface area contributed by atoms with E-state index in [1.54, 1.807) is 6.07 Å². The van der Waals surface area contributed by atoms with Crippen LogP contribution in [0.5, 0.6) is 0 Å². The molecular weight excluding hydrogens is 262 g/mol. The second-order valence-electron chi connectivity index (χ2n) is 4.91. The molecule has 0 radical (unpaired) electrons. The van der Waals surface area contributed by atoms with E-state index < -0.39 is 0 Å². The molecule has 0 aliphatic carbocycles. The minimum absolute atomic E-state index is 0.00547. The van der Waals surface area contributed by atoms with Crippen molar-refractivity contribution in [3.8, 4) is 0 Å². The first-order valence-electron chi connectivity index (χ1n) is 6.62. The molecule has 104 valence electrons. The quantitative estimate of drug-likeness (QED) is 0.867. The minimum atomic E-state index is 0.00547. The van der Waals surface area contributed by atoms with Crippen molar-refractivity contribution in [3.05, 3.63) is 29.3 Å². The molecule has 1 heterocycles. The van der Waals surface area contributed by atoms with Gasteiger partial charge in [-0.15, -0.1) is 0 Å². The summed E-state index contributed by atoms with van der Waals surface area (Å²) >= 11 is 6.00. The smallest absolute Gasteiger partial charge is 0.225 e. The number of nitrogens with zero attached hydrogens (tertiary/aromatic N) is 1. The molecule has 1 aromatic carbocycles. The Hall–Kier alpha value is -1.10. The topological polar surface area (TPSA) is 44.4 Å². The van der Waals surface area contributed by atoms with Gasteiger partial charge in [0.2, 0.25) is 5.91 Å². The maximum absolute atomic E-state index is 11.9. The van der Waals surface area contributed by atoms with Crippen LogP contribution in [0, 0.1) is 0 Å². The van der Waals surface area contributed by atoms with Gasteiger partial charge >= 0.3 is 0 Å². The van der Waals surface area contributed by atoms with E-state index in [0.29, 0.717) is 23.2 Å². The fraction of sp³-hybridized carbons (Fsp3) is 0.500. The Balaban J connectivity index is 1.77. The van der Waals surface area contributed by atoms with Crippen LogP contribution in [-0.2, 0) is 4.79 Å². The predicted octanol–water partition coefficient (Wildman–Crippen LogP) is 1.96. The highest BCUT2D eigenvalue weighted by atomic mass is 35.5. The number of benzene rings is 1. The molecule has 2 rings (SSSR count). The van der Waals surface area contributed by atoms with Crippen LogP contribution < -0.4 is 10.6 Å². The van der Waals surface area contributed by atoms with Crippen LogP contribution in [0.2, 0.25) is 5.02 Å². The standard InChI is InChI=1S/C14H20ClN3O/c1-18(11-6-8-16-10-11)9-7-14(19)17-13-5-3-2-4-12(13)15/h2-5,11,16H,6-10H2,1H3,(H,17,19). The molecule has 19 heavy (non-hydrogen) atoms. The highest BCUT2D eigenvalue weighted by Crippen LogP contribution is 2.20. The van der Waals surface area contributed by atoms with Crippen LogP contribution in [0.4, 0.5) is 5.69 Å². The Morgan fingerprint density at radius 3 is 3.00 bits per heavy atom. The molecule has 2 N–H and O–H groups in total. The molecule has 1 atom stereocenters. The third-order valence-corrected chi connectivity index (χ3v) is 3.83. The van der Waals surface area contributed by atoms with E-state index in [9.17, 15) is 4.79 Å². The zero-order valence-corrected chi connectivity index (χ0v) is 11.9. The molecule has 1 aliphatic rings. The molecule has 4 nitrogen and oxygen atoms in total. The molecule has 0 aromatic heterocycles. The monoisotopic (exact) mass is 281 g/mol. The summed E-state index contributed by atoms with van der Waals surface area (Å²) in [5, 5.41) is 6.74. The molecule has 1 unspecified atom stereocenters. The molecule has 1 saturated heterocycles. The molecule has 1 aliphatic heterocycles. The summed E-state index contributed by atoms with van der Waals surface area (Å²) in [5.74, 6) is 0.00547. The van der Waals surface area contributed by atoms with Gasteiger partial charge in [-0.05, 0) is 32.1 Å². The van der Waals surface area contributed by atoms with Gasteiger partial charge in [-0.3, -0.25) is 4.79 Å². The third kappa shape index (κ3) is 4.20. The Labute approximate surface area is 119 Å². The van der Waals surface area contributed by atoms with Crippen molar-refractivity contribution in [2.24, 2.45) is 0 Å². The van der Waals surface area contributed by atoms with Crippen molar-refractivity contribution >= 4 is 23.2 Å². The van der Waals surface area contributed by atoms with Crippen LogP contribution in [0.15, 0.2) is 24.3 Å². The summed E-state index contributed by atoms with van der Waals surface area (Å²) in [6.07, 6.45) is 1.64. The molecule has 0 spiro atoms. The molecule has 5 heteroatoms. The van der Waals surface area contributed by atoms with Gasteiger partial charge < -0.3 is 15.5 Å². The van der Waals surface area contributed by atoms with Crippen LogP contribution in [0.1, 0.15) is 12.8 Å². The average Bonchev–Trinajstić information content (AvgIpc) is 2.93. The number of rotatable bonds is 5. The van der Waals surface area contributed by atoms with E-state index in [4.69, 9.17) is 11.6 Å². The Morgan fingerprint density at radius 2 is 2.32 bits per heavy atom. The number of carbonyl (C=O) groups excluding carboxylic acids is 1. The summed E-state index contributed by atoms with van der Waals surface area (Å²) in [4.78, 5) is 14.1. The summed E-state index contributed by atoms with van der Waals surface area (Å²) in [7, 11) is 2.07. The fourth-order valence-corrected chi connectivity index (χ4v) is 2.43. The number of para-hydroxylation sites is 1. The zero-order valence-electron chi connectivity index (χ0n) is 11.2. The van der Waals surface area contributed by atoms with E-state index in [1.807, 2.05) is 18.2 Å². The molecule has 1 fully saturated rings. The van der Waals surface area contributed by atoms with Gasteiger partial charge in [0.15, 0.2) is 0 Å². The molecular formula is C14H20ClN3O. The largest absolute Gasteiger partial charge is 0.325 e. The van der Waals surface area contributed by atoms with Gasteiger partial charge in [0.25, 0.3) is 0 Å². The summed E-state index contributed by atoms with van der Waals surface area (Å²) < 4.78 is 0. The first kappa shape index (κ1) is 14.3. The SMILES string of the molecule is CN(CCC(=O)Nc1ccccc1Cl)C1CCNC1. The van der Waals surface area contributed by atoms with Gasteiger partial charge in [-0.25, -0.2) is 0 Å². The van der Waals surface area contributed by atoms with E-state index in [0.717, 1.165) is 26.1 Å². The number of halogens is 1. The summed E-state index contributed by atoms with van der Waals surface area (Å²) in [5.41, 5.74) is 0.680. The van der Waals surface area contributed by atoms with Crippen LogP contribution in [0.25, 0.3) is 0 Å². The van der Waals surface area contributed by atoms with Crippen molar-refractivity contribution in [3.63, 3.8) is 0 Å². The average molecular weight is 282 g/mol. The number of carbonyl (C=O) groups is 1. The van der Waals surface area contributed by atoms with Crippen LogP contribution in [0.3, 0.4) is 0 Å². The number of nitrogens with one attached hydrogen (secondary N) is 2. The number of likely N-dealkylation sites (N-methyl/N-ethyl adjacent to an activating group) is 1. The van der Waals surface area contributed by atoms with E-state index in [1.165, 1.54) is 0 Å². The van der Waals surface area contributed by atoms with E-state index in [-0.39, 0.29) is 5.91 Å². The molecule has 0 bridgehead atoms. The van der Waals surface area contributed by atoms with E-state index >= 15 is 0 Å². The molecule has 1 amide bonds. The predicted molar refractivity (Wildman–Crippen MR) is 78.6 cm³/mol. The lowest BCUT2D eigenvalue weighted by molar-refractivity contribution is -0.116. The zero-order chi connectivity index (χ0) is 13.7. The van der Waals surface area contributed by atoms with Crippen molar-refractivity contribution in [2.75, 3.05) is 32.0 Å². The lowest BCUT2D eigenvalue weighted by Gasteiger charge is -2.22. The van der Waals surface area contributed by atoms with Crippen LogP contribution >= 0.6 is 11.6 Å². The highest BCUT2D eigenvalue weighted by molar-refractivity contribution is 6.33. The van der Waals surface area contributed by atoms with Gasteiger partial charge in [-0.1, -0.05) is 23.7 Å². The Morgan fingerprint density at radius 1 is 1.53 bits per heavy atom. The number of hydrogen-bond acceptors (Lipinski definition) is 3. The Bertz CT molecular complexity index is 432. The van der Waals surface area contributed by atoms with Crippen molar-refractivity contribution in [1.29, 1.82) is 0 Å². The Kier molecular flexibility index (Phi) is 5.19. The van der Waals surface area contributed by atoms with Gasteiger partial charge in [-0.2, -0.15) is 0 Å². The van der Waals surface area contributed by atoms with Crippen molar-refractivity contribution in [1.82, 2.24) is 10.2 Å². The first-order chi connectivity index (χ1) is 9.16. The third-order valence-electron chi connectivity index (χ3n) is 3.50. The minimum Gasteiger partial charge on any atom is -0.325 e. The number of anilines is 1. The summed E-state index contributed by atoms with van der Waals surface area (Å²) in [6, 6.07) is 7.84. The molecule has 1 aromatic rings. The highest BCUT2D eigenvalue weighted by Gasteiger charge is 2.19. The van der Waals surface area contributed by atoms with Gasteiger partial charge in [0.05, 0.1) is 10.7 Å². The number of hydrogen-bond donors (Lipinski definition) is 2. The second kappa shape index (κ2) is 6.89. The summed E-state index contributed by atoms with van der Waals surface area (Å²) in [6.45, 7) is 2.85. The maximum Gasteiger partial charge on any atom is 0.225 e. The van der Waals surface area contributed by atoms with Crippen molar-refractivity contribution in [2.45, 2.75) is 18.9 Å². The lowest BCUT2D eigenvalue weighted by atomic mass is 10.2. The van der Waals surface area contributed by atoms with Crippen molar-refractivity contribution < 1.29 is 4.79 Å². The fourth-order valence-electron chi connectivity index (χ4n) is 2.25. The van der Waals surface area contributed by atoms with E-state index in [2.05, 4.69) is 22.6 Å². The van der Waals surface area contributed by atoms with Crippen LogP contribution in [-0.4, -0.2) is 43.5 Å². The normalized spacial score (nSPS) is 18.8. The van der Waals surface area contributed by atoms with Gasteiger partial charge in [0.1, 0.15) is 0 Å². The maximum atomic E-state index is 11.9. The second-order valence-corrected chi connectivity index (χ2v) is 5.31. The first-order valence-corrected chi connectivity index (χ1v) is 7.00. The molecule has 0 saturated carbocycles. The number of amides is 1. The van der Waals surface area contributed by atoms with Gasteiger partial charge in [0, 0.05) is 25.6 Å². The lowest BCUT2D eigenvalue weighted by Crippen LogP contribution is -2.35.